The van der Waals surface area contributed by atoms with Crippen LogP contribution in [0, 0.1) is 0 Å². The molecular formula is C15H21NO11S2. The van der Waals surface area contributed by atoms with Gasteiger partial charge >= 0.3 is 28.5 Å². The Kier molecular flexibility index (Phi) is 11.8. The third-order valence-electron chi connectivity index (χ3n) is 2.73. The van der Waals surface area contributed by atoms with Crippen LogP contribution in [0.15, 0.2) is 0 Å². The highest BCUT2D eigenvalue weighted by Gasteiger charge is 2.35. The Morgan fingerprint density at radius 1 is 0.897 bits per heavy atom. The Morgan fingerprint density at radius 2 is 1.38 bits per heavy atom. The van der Waals surface area contributed by atoms with Gasteiger partial charge in [0.1, 0.15) is 6.04 Å². The quantitative estimate of drug-likeness (QED) is 0.355. The normalized spacial score (nSPS) is 11.6. The van der Waals surface area contributed by atoms with Crippen LogP contribution in [0.25, 0.3) is 0 Å². The molecule has 2 N–H and O–H groups in total. The predicted molar refractivity (Wildman–Crippen MR) is 99.9 cm³/mol. The molecule has 0 rings (SSSR count). The van der Waals surface area contributed by atoms with Crippen molar-refractivity contribution < 1.29 is 52.8 Å². The fourth-order valence-electron chi connectivity index (χ4n) is 1.31. The van der Waals surface area contributed by atoms with E-state index in [4.69, 9.17) is 0 Å². The molecule has 29 heavy (non-hydrogen) atoms. The molecule has 0 saturated heterocycles. The molecule has 0 aromatic heterocycles. The molecule has 0 fully saturated rings. The molecule has 0 aliphatic carbocycles. The van der Waals surface area contributed by atoms with Crippen molar-refractivity contribution in [1.29, 1.82) is 0 Å². The summed E-state index contributed by atoms with van der Waals surface area (Å²) in [5.74, 6) is -3.93. The van der Waals surface area contributed by atoms with Crippen molar-refractivity contribution in [3.63, 3.8) is 0 Å². The number of hydrogen-bond donors (Lipinski definition) is 2. The fourth-order valence-corrected chi connectivity index (χ4v) is 2.64. The van der Waals surface area contributed by atoms with Gasteiger partial charge in [0, 0.05) is 19.6 Å². The molecule has 1 atom stereocenters. The molecule has 12 nitrogen and oxygen atoms in total. The topological polar surface area (TPSA) is 172 Å². The van der Waals surface area contributed by atoms with Gasteiger partial charge in [0.2, 0.25) is 19.5 Å². The summed E-state index contributed by atoms with van der Waals surface area (Å²) >= 11 is 0.899. The molecule has 0 aromatic carbocycles. The average molecular weight is 455 g/mol. The standard InChI is InChI=1S/C15H21NO11S2/c1-8(17)24-6-26-13(22)28-5-10(11(19)20)16-12(21)15(3,4)29-14(23)27-7-25-9(2)18/h10H,5-7H2,1-4H3,(H,16,21)(H,19,20)/t10-/m0/s1. The van der Waals surface area contributed by atoms with Gasteiger partial charge in [0.15, 0.2) is 0 Å². The molecule has 0 heterocycles. The smallest absolute Gasteiger partial charge is 0.371 e. The molecule has 14 heteroatoms. The van der Waals surface area contributed by atoms with E-state index in [0.717, 1.165) is 13.8 Å². The molecule has 0 spiro atoms. The average Bonchev–Trinajstić information content (AvgIpc) is 2.56. The number of nitrogens with one attached hydrogen (secondary N) is 1. The van der Waals surface area contributed by atoms with Crippen molar-refractivity contribution in [1.82, 2.24) is 5.32 Å². The van der Waals surface area contributed by atoms with Gasteiger partial charge in [-0.25, -0.2) is 14.4 Å². The summed E-state index contributed by atoms with van der Waals surface area (Å²) in [7, 11) is 0. The lowest BCUT2D eigenvalue weighted by Crippen LogP contribution is -2.50. The van der Waals surface area contributed by atoms with Crippen LogP contribution in [0.5, 0.6) is 0 Å². The van der Waals surface area contributed by atoms with E-state index in [1.807, 2.05) is 0 Å². The third-order valence-corrected chi connectivity index (χ3v) is 4.57. The predicted octanol–water partition coefficient (Wildman–Crippen LogP) is 1.12. The first-order chi connectivity index (χ1) is 13.3. The zero-order chi connectivity index (χ0) is 22.6. The number of esters is 2. The highest BCUT2D eigenvalue weighted by atomic mass is 32.2. The SMILES string of the molecule is CC(=O)OCOC(=O)SC[C@H](NC(=O)C(C)(C)SC(=O)OCOC(C)=O)C(=O)O. The number of carboxylic acids is 1. The lowest BCUT2D eigenvalue weighted by Gasteiger charge is -2.24. The molecule has 0 bridgehead atoms. The Morgan fingerprint density at radius 3 is 1.83 bits per heavy atom. The van der Waals surface area contributed by atoms with Crippen LogP contribution in [0.1, 0.15) is 27.7 Å². The van der Waals surface area contributed by atoms with Crippen LogP contribution >= 0.6 is 23.5 Å². The monoisotopic (exact) mass is 455 g/mol. The number of carbonyl (C=O) groups excluding carboxylic acids is 5. The van der Waals surface area contributed by atoms with Gasteiger partial charge in [-0.1, -0.05) is 0 Å². The molecule has 0 aliphatic rings. The number of amides is 1. The summed E-state index contributed by atoms with van der Waals surface area (Å²) in [5, 5.41) is 9.58. The Hall–Kier alpha value is -2.48. The van der Waals surface area contributed by atoms with E-state index in [1.54, 1.807) is 0 Å². The number of thioether (sulfide) groups is 2. The van der Waals surface area contributed by atoms with Crippen LogP contribution in [0.3, 0.4) is 0 Å². The number of aliphatic carboxylic acids is 1. The minimum atomic E-state index is -1.47. The van der Waals surface area contributed by atoms with E-state index in [-0.39, 0.29) is 5.75 Å². The second kappa shape index (κ2) is 12.9. The lowest BCUT2D eigenvalue weighted by atomic mass is 10.2. The molecule has 0 radical (unpaired) electrons. The van der Waals surface area contributed by atoms with Gasteiger partial charge < -0.3 is 29.4 Å². The van der Waals surface area contributed by atoms with E-state index in [2.05, 4.69) is 24.3 Å². The molecule has 0 aromatic rings. The van der Waals surface area contributed by atoms with E-state index >= 15 is 0 Å². The highest BCUT2D eigenvalue weighted by molar-refractivity contribution is 8.15. The zero-order valence-electron chi connectivity index (χ0n) is 16.0. The summed E-state index contributed by atoms with van der Waals surface area (Å²) < 4.78 is 16.5. The van der Waals surface area contributed by atoms with Crippen LogP contribution in [-0.4, -0.2) is 69.7 Å². The summed E-state index contributed by atoms with van der Waals surface area (Å²) in [4.78, 5) is 67.9. The number of hydrogen-bond acceptors (Lipinski definition) is 12. The number of ether oxygens (including phenoxy) is 4. The van der Waals surface area contributed by atoms with Gasteiger partial charge in [-0.2, -0.15) is 0 Å². The summed E-state index contributed by atoms with van der Waals surface area (Å²) in [6, 6.07) is -1.47. The second-order valence-electron chi connectivity index (χ2n) is 5.58. The maximum Gasteiger partial charge on any atom is 0.371 e. The summed E-state index contributed by atoms with van der Waals surface area (Å²) in [5.41, 5.74) is 0. The molecule has 0 saturated carbocycles. The van der Waals surface area contributed by atoms with Crippen molar-refractivity contribution >= 4 is 57.9 Å². The first-order valence-electron chi connectivity index (χ1n) is 7.81. The first-order valence-corrected chi connectivity index (χ1v) is 9.61. The van der Waals surface area contributed by atoms with Crippen molar-refractivity contribution in [3.8, 4) is 0 Å². The Balaban J connectivity index is 4.60. The van der Waals surface area contributed by atoms with Crippen LogP contribution < -0.4 is 5.32 Å². The van der Waals surface area contributed by atoms with Crippen LogP contribution in [-0.2, 0) is 38.1 Å². The lowest BCUT2D eigenvalue weighted by molar-refractivity contribution is -0.149. The summed E-state index contributed by atoms with van der Waals surface area (Å²) in [6.45, 7) is 3.68. The van der Waals surface area contributed by atoms with Gasteiger partial charge in [-0.15, -0.1) is 0 Å². The van der Waals surface area contributed by atoms with Gasteiger partial charge in [0.25, 0.3) is 0 Å². The minimum Gasteiger partial charge on any atom is -0.480 e. The van der Waals surface area contributed by atoms with Gasteiger partial charge in [-0.05, 0) is 37.4 Å². The van der Waals surface area contributed by atoms with E-state index < -0.39 is 58.8 Å². The van der Waals surface area contributed by atoms with Crippen molar-refractivity contribution in [2.45, 2.75) is 38.5 Å². The number of carbonyl (C=O) groups is 6. The molecule has 164 valence electrons. The Labute approximate surface area is 174 Å². The van der Waals surface area contributed by atoms with E-state index in [1.165, 1.54) is 13.8 Å². The van der Waals surface area contributed by atoms with E-state index in [0.29, 0.717) is 23.5 Å². The van der Waals surface area contributed by atoms with Crippen molar-refractivity contribution in [2.75, 3.05) is 19.3 Å². The molecule has 0 unspecified atom stereocenters. The summed E-state index contributed by atoms with van der Waals surface area (Å²) in [6.07, 6.45) is 0. The van der Waals surface area contributed by atoms with Crippen LogP contribution in [0.4, 0.5) is 9.59 Å². The van der Waals surface area contributed by atoms with Gasteiger partial charge in [0.05, 0.1) is 4.75 Å². The maximum atomic E-state index is 12.3. The maximum absolute atomic E-state index is 12.3. The molecule has 0 aliphatic heterocycles. The molecule has 1 amide bonds. The number of rotatable bonds is 10. The third kappa shape index (κ3) is 12.6. The minimum absolute atomic E-state index is 0.377. The first kappa shape index (κ1) is 26.5. The zero-order valence-corrected chi connectivity index (χ0v) is 17.7. The molecular weight excluding hydrogens is 434 g/mol. The highest BCUT2D eigenvalue weighted by Crippen LogP contribution is 2.27. The Bertz CT molecular complexity index is 650. The number of carboxylic acid groups (broad SMARTS) is 1. The fraction of sp³-hybridized carbons (Fsp3) is 0.600. The van der Waals surface area contributed by atoms with Crippen molar-refractivity contribution in [3.05, 3.63) is 0 Å². The largest absolute Gasteiger partial charge is 0.480 e. The van der Waals surface area contributed by atoms with E-state index in [9.17, 15) is 33.9 Å². The second-order valence-corrected chi connectivity index (χ2v) is 8.10. The van der Waals surface area contributed by atoms with Crippen LogP contribution in [0.2, 0.25) is 0 Å². The van der Waals surface area contributed by atoms with Gasteiger partial charge in [-0.3, -0.25) is 14.4 Å². The van der Waals surface area contributed by atoms with Crippen molar-refractivity contribution in [2.24, 2.45) is 0 Å².